The van der Waals surface area contributed by atoms with Gasteiger partial charge < -0.3 is 10.6 Å². The third-order valence-corrected chi connectivity index (χ3v) is 7.41. The van der Waals surface area contributed by atoms with Crippen molar-refractivity contribution >= 4 is 17.5 Å². The first-order valence-corrected chi connectivity index (χ1v) is 12.7. The highest BCUT2D eigenvalue weighted by atomic mass is 35.5. The second-order valence-electron chi connectivity index (χ2n) is 9.55. The molecule has 2 heterocycles. The highest BCUT2D eigenvalue weighted by Gasteiger charge is 2.32. The zero-order valence-corrected chi connectivity index (χ0v) is 20.7. The van der Waals surface area contributed by atoms with E-state index in [-0.39, 0.29) is 24.5 Å². The number of benzene rings is 2. The maximum atomic E-state index is 13.8. The van der Waals surface area contributed by atoms with E-state index in [2.05, 4.69) is 15.5 Å². The highest BCUT2D eigenvalue weighted by molar-refractivity contribution is 6.30. The molecule has 36 heavy (non-hydrogen) atoms. The quantitative estimate of drug-likeness (QED) is 0.308. The summed E-state index contributed by atoms with van der Waals surface area (Å²) in [7, 11) is 0. The van der Waals surface area contributed by atoms with E-state index in [0.717, 1.165) is 44.1 Å². The first-order chi connectivity index (χ1) is 17.3. The lowest BCUT2D eigenvalue weighted by Crippen LogP contribution is -2.53. The number of halogens is 5. The molecule has 2 aromatic carbocycles. The minimum absolute atomic E-state index is 0.0329. The standard InChI is InChI=1S/C26H31ClF4N4O/c27-25(35(20-5-9-32-10-6-20)16-18-2-4-22(29)24(31)14-18)26(36)33-19-7-11-34(12-8-19)15-17-1-3-21(28)23(30)13-17/h1-4,13-14,19-20,25,32H,5-12,15-16H2,(H,33,36). The maximum Gasteiger partial charge on any atom is 0.253 e. The maximum absolute atomic E-state index is 13.8. The second kappa shape index (κ2) is 12.4. The fraction of sp³-hybridized carbons (Fsp3) is 0.500. The number of likely N-dealkylation sites (tertiary alicyclic amines) is 1. The van der Waals surface area contributed by atoms with Crippen LogP contribution in [0.2, 0.25) is 0 Å². The van der Waals surface area contributed by atoms with Crippen LogP contribution >= 0.6 is 11.6 Å². The molecular formula is C26H31ClF4N4O. The minimum atomic E-state index is -0.957. The monoisotopic (exact) mass is 526 g/mol. The Morgan fingerprint density at radius 2 is 1.53 bits per heavy atom. The van der Waals surface area contributed by atoms with E-state index in [9.17, 15) is 22.4 Å². The number of rotatable bonds is 8. The Morgan fingerprint density at radius 3 is 2.14 bits per heavy atom. The summed E-state index contributed by atoms with van der Waals surface area (Å²) in [5.74, 6) is -3.87. The van der Waals surface area contributed by atoms with Crippen LogP contribution < -0.4 is 10.6 Å². The average molecular weight is 527 g/mol. The summed E-state index contributed by atoms with van der Waals surface area (Å²) in [5.41, 5.74) is 0.296. The zero-order valence-electron chi connectivity index (χ0n) is 20.0. The molecule has 0 aliphatic carbocycles. The van der Waals surface area contributed by atoms with Crippen molar-refractivity contribution in [2.75, 3.05) is 26.2 Å². The molecule has 4 rings (SSSR count). The number of carbonyl (C=O) groups excluding carboxylic acids is 1. The molecule has 0 aromatic heterocycles. The number of nitrogens with zero attached hydrogens (tertiary/aromatic N) is 2. The number of hydrogen-bond acceptors (Lipinski definition) is 4. The van der Waals surface area contributed by atoms with Gasteiger partial charge in [0.25, 0.3) is 5.91 Å². The van der Waals surface area contributed by atoms with E-state index in [1.807, 2.05) is 4.90 Å². The van der Waals surface area contributed by atoms with Crippen LogP contribution in [-0.4, -0.2) is 59.5 Å². The van der Waals surface area contributed by atoms with Gasteiger partial charge in [-0.05, 0) is 74.2 Å². The molecule has 0 saturated carbocycles. The summed E-state index contributed by atoms with van der Waals surface area (Å²) in [4.78, 5) is 17.1. The van der Waals surface area contributed by atoms with Crippen LogP contribution in [-0.2, 0) is 17.9 Å². The van der Waals surface area contributed by atoms with E-state index >= 15 is 0 Å². The topological polar surface area (TPSA) is 47.6 Å². The van der Waals surface area contributed by atoms with Crippen molar-refractivity contribution in [3.8, 4) is 0 Å². The lowest BCUT2D eigenvalue weighted by Gasteiger charge is -2.38. The number of carbonyl (C=O) groups is 1. The number of amides is 1. The molecule has 5 nitrogen and oxygen atoms in total. The summed E-state index contributed by atoms with van der Waals surface area (Å²) in [5, 5.41) is 6.33. The van der Waals surface area contributed by atoms with Crippen LogP contribution in [0.15, 0.2) is 36.4 Å². The molecule has 1 amide bonds. The van der Waals surface area contributed by atoms with E-state index < -0.39 is 28.8 Å². The Kier molecular flexibility index (Phi) is 9.22. The Morgan fingerprint density at radius 1 is 0.944 bits per heavy atom. The SMILES string of the molecule is O=C(NC1CCN(Cc2ccc(F)c(F)c2)CC1)C(Cl)N(Cc1ccc(F)c(F)c1)C1CCNCC1. The smallest absolute Gasteiger partial charge is 0.253 e. The van der Waals surface area contributed by atoms with E-state index in [4.69, 9.17) is 11.6 Å². The van der Waals surface area contributed by atoms with Gasteiger partial charge in [0.05, 0.1) is 0 Å². The van der Waals surface area contributed by atoms with Crippen molar-refractivity contribution < 1.29 is 22.4 Å². The molecular weight excluding hydrogens is 496 g/mol. The largest absolute Gasteiger partial charge is 0.351 e. The van der Waals surface area contributed by atoms with Crippen LogP contribution in [0.3, 0.4) is 0 Å². The first-order valence-electron chi connectivity index (χ1n) is 12.3. The molecule has 1 unspecified atom stereocenters. The normalized spacial score (nSPS) is 18.9. The second-order valence-corrected chi connectivity index (χ2v) is 9.96. The molecule has 0 radical (unpaired) electrons. The van der Waals surface area contributed by atoms with Crippen molar-refractivity contribution in [1.29, 1.82) is 0 Å². The fourth-order valence-electron chi connectivity index (χ4n) is 4.93. The molecule has 10 heteroatoms. The molecule has 2 aliphatic rings. The zero-order chi connectivity index (χ0) is 25.7. The van der Waals surface area contributed by atoms with Crippen molar-refractivity contribution in [1.82, 2.24) is 20.4 Å². The van der Waals surface area contributed by atoms with Crippen molar-refractivity contribution in [2.45, 2.75) is 56.4 Å². The minimum Gasteiger partial charge on any atom is -0.351 e. The lowest BCUT2D eigenvalue weighted by molar-refractivity contribution is -0.125. The first kappa shape index (κ1) is 26.9. The predicted octanol–water partition coefficient (Wildman–Crippen LogP) is 4.14. The Balaban J connectivity index is 1.33. The van der Waals surface area contributed by atoms with Crippen LogP contribution in [0.1, 0.15) is 36.8 Å². The van der Waals surface area contributed by atoms with Gasteiger partial charge in [0.2, 0.25) is 0 Å². The Bertz CT molecular complexity index is 1040. The van der Waals surface area contributed by atoms with Gasteiger partial charge in [-0.3, -0.25) is 14.6 Å². The summed E-state index contributed by atoms with van der Waals surface area (Å²) in [6.07, 6.45) is 3.00. The van der Waals surface area contributed by atoms with Crippen LogP contribution in [0.5, 0.6) is 0 Å². The van der Waals surface area contributed by atoms with E-state index in [0.29, 0.717) is 43.6 Å². The number of piperidine rings is 2. The Labute approximate surface area is 213 Å². The molecule has 0 bridgehead atoms. The van der Waals surface area contributed by atoms with E-state index in [1.54, 1.807) is 6.07 Å². The van der Waals surface area contributed by atoms with Gasteiger partial charge in [-0.15, -0.1) is 0 Å². The summed E-state index contributed by atoms with van der Waals surface area (Å²) in [6.45, 7) is 3.72. The van der Waals surface area contributed by atoms with Crippen molar-refractivity contribution in [2.24, 2.45) is 0 Å². The van der Waals surface area contributed by atoms with Crippen molar-refractivity contribution in [3.05, 3.63) is 70.8 Å². The molecule has 2 fully saturated rings. The van der Waals surface area contributed by atoms with Gasteiger partial charge in [0, 0.05) is 38.3 Å². The lowest BCUT2D eigenvalue weighted by atomic mass is 10.0. The molecule has 2 N–H and O–H groups in total. The summed E-state index contributed by atoms with van der Waals surface area (Å²) in [6, 6.07) is 7.64. The van der Waals surface area contributed by atoms with Crippen LogP contribution in [0.4, 0.5) is 17.6 Å². The fourth-order valence-corrected chi connectivity index (χ4v) is 5.22. The third kappa shape index (κ3) is 6.97. The van der Waals surface area contributed by atoms with Crippen molar-refractivity contribution in [3.63, 3.8) is 0 Å². The number of alkyl halides is 1. The summed E-state index contributed by atoms with van der Waals surface area (Å²) >= 11 is 6.68. The van der Waals surface area contributed by atoms with E-state index in [1.165, 1.54) is 12.1 Å². The van der Waals surface area contributed by atoms with Gasteiger partial charge in [-0.1, -0.05) is 23.7 Å². The Hall–Kier alpha value is -2.20. The molecule has 2 aliphatic heterocycles. The van der Waals surface area contributed by atoms with Gasteiger partial charge >= 0.3 is 0 Å². The average Bonchev–Trinajstić information content (AvgIpc) is 2.88. The summed E-state index contributed by atoms with van der Waals surface area (Å²) < 4.78 is 53.9. The third-order valence-electron chi connectivity index (χ3n) is 6.96. The molecule has 0 spiro atoms. The van der Waals surface area contributed by atoms with Gasteiger partial charge in [-0.25, -0.2) is 17.6 Å². The van der Waals surface area contributed by atoms with Crippen LogP contribution in [0, 0.1) is 23.3 Å². The molecule has 1 atom stereocenters. The predicted molar refractivity (Wildman–Crippen MR) is 130 cm³/mol. The van der Waals surface area contributed by atoms with Gasteiger partial charge in [-0.2, -0.15) is 0 Å². The molecule has 2 saturated heterocycles. The van der Waals surface area contributed by atoms with Crippen LogP contribution in [0.25, 0.3) is 0 Å². The number of nitrogens with one attached hydrogen (secondary N) is 2. The van der Waals surface area contributed by atoms with Gasteiger partial charge in [0.1, 0.15) is 0 Å². The van der Waals surface area contributed by atoms with Gasteiger partial charge in [0.15, 0.2) is 28.8 Å². The highest BCUT2D eigenvalue weighted by Crippen LogP contribution is 2.23. The molecule has 2 aromatic rings. The number of hydrogen-bond donors (Lipinski definition) is 2. The molecule has 196 valence electrons.